The zero-order chi connectivity index (χ0) is 25.6. The van der Waals surface area contributed by atoms with Gasteiger partial charge in [0.05, 0.1) is 11.4 Å². The number of ketones is 1. The number of Topliss-reactive ketones (excluding diaryl/α,β-unsaturated/α-hetero) is 1. The molecular weight excluding hydrogens is 480 g/mol. The molecule has 0 unspecified atom stereocenters. The molecule has 0 aliphatic heterocycles. The van der Waals surface area contributed by atoms with Crippen LogP contribution in [0.15, 0.2) is 71.9 Å². The molecule has 1 heterocycles. The van der Waals surface area contributed by atoms with E-state index >= 15 is 0 Å². The quantitative estimate of drug-likeness (QED) is 0.216. The molecule has 1 N–H and O–H groups in total. The van der Waals surface area contributed by atoms with Gasteiger partial charge in [-0.1, -0.05) is 91.7 Å². The van der Waals surface area contributed by atoms with Crippen LogP contribution < -0.4 is 5.32 Å². The Balaban J connectivity index is 1.36. The molecule has 190 valence electrons. The molecule has 1 fully saturated rings. The molecule has 3 aromatic carbocycles. The van der Waals surface area contributed by atoms with Gasteiger partial charge in [-0.2, -0.15) is 0 Å². The topological polar surface area (TPSA) is 76.9 Å². The average molecular weight is 513 g/mol. The first kappa shape index (κ1) is 25.2. The fourth-order valence-electron chi connectivity index (χ4n) is 5.14. The number of amides is 1. The highest BCUT2D eigenvalue weighted by atomic mass is 32.2. The molecule has 0 radical (unpaired) electrons. The Morgan fingerprint density at radius 2 is 1.70 bits per heavy atom. The van der Waals surface area contributed by atoms with Gasteiger partial charge in [-0.3, -0.25) is 14.2 Å². The number of hydrogen-bond donors (Lipinski definition) is 1. The van der Waals surface area contributed by atoms with Crippen LogP contribution in [-0.4, -0.2) is 38.8 Å². The SMILES string of the molecule is CC(=O)NCCc1nnc(SCC(=O)c2ccc(C3CCCCC3)cc2)n1-c1cccc2ccccc12. The van der Waals surface area contributed by atoms with Gasteiger partial charge in [0.25, 0.3) is 0 Å². The molecule has 6 nitrogen and oxygen atoms in total. The van der Waals surface area contributed by atoms with Crippen LogP contribution in [0.25, 0.3) is 16.5 Å². The summed E-state index contributed by atoms with van der Waals surface area (Å²) in [7, 11) is 0. The summed E-state index contributed by atoms with van der Waals surface area (Å²) in [5.74, 6) is 1.65. The van der Waals surface area contributed by atoms with Crippen molar-refractivity contribution in [3.63, 3.8) is 0 Å². The fourth-order valence-corrected chi connectivity index (χ4v) is 6.00. The Bertz CT molecular complexity index is 1390. The maximum Gasteiger partial charge on any atom is 0.216 e. The highest BCUT2D eigenvalue weighted by molar-refractivity contribution is 7.99. The highest BCUT2D eigenvalue weighted by Crippen LogP contribution is 2.33. The number of benzene rings is 3. The summed E-state index contributed by atoms with van der Waals surface area (Å²) in [5, 5.41) is 14.6. The second kappa shape index (κ2) is 11.7. The summed E-state index contributed by atoms with van der Waals surface area (Å²) in [6.07, 6.45) is 6.96. The summed E-state index contributed by atoms with van der Waals surface area (Å²) in [5.41, 5.74) is 3.05. The van der Waals surface area contributed by atoms with E-state index in [-0.39, 0.29) is 17.4 Å². The summed E-state index contributed by atoms with van der Waals surface area (Å²) in [4.78, 5) is 24.5. The minimum absolute atomic E-state index is 0.0764. The van der Waals surface area contributed by atoms with Crippen LogP contribution in [0.1, 0.15) is 66.7 Å². The number of carbonyl (C=O) groups is 2. The molecule has 0 saturated heterocycles. The number of fused-ring (bicyclic) bond motifs is 1. The van der Waals surface area contributed by atoms with Crippen molar-refractivity contribution in [1.29, 1.82) is 0 Å². The molecule has 4 aromatic rings. The van der Waals surface area contributed by atoms with Gasteiger partial charge in [0.1, 0.15) is 5.82 Å². The Labute approximate surface area is 221 Å². The van der Waals surface area contributed by atoms with Crippen LogP contribution in [0.4, 0.5) is 0 Å². The third-order valence-electron chi connectivity index (χ3n) is 7.07. The van der Waals surface area contributed by atoms with Gasteiger partial charge in [-0.25, -0.2) is 0 Å². The number of carbonyl (C=O) groups excluding carboxylic acids is 2. The van der Waals surface area contributed by atoms with Crippen molar-refractivity contribution in [1.82, 2.24) is 20.1 Å². The van der Waals surface area contributed by atoms with Crippen molar-refractivity contribution in [2.24, 2.45) is 0 Å². The minimum Gasteiger partial charge on any atom is -0.356 e. The van der Waals surface area contributed by atoms with Crippen LogP contribution in [0, 0.1) is 0 Å². The number of rotatable bonds is 9. The molecule has 1 aliphatic rings. The molecule has 1 saturated carbocycles. The highest BCUT2D eigenvalue weighted by Gasteiger charge is 2.19. The third kappa shape index (κ3) is 5.93. The van der Waals surface area contributed by atoms with E-state index in [0.717, 1.165) is 27.8 Å². The number of nitrogens with zero attached hydrogens (tertiary/aromatic N) is 3. The first-order chi connectivity index (χ1) is 18.1. The van der Waals surface area contributed by atoms with Gasteiger partial charge >= 0.3 is 0 Å². The molecule has 5 rings (SSSR count). The van der Waals surface area contributed by atoms with Gasteiger partial charge < -0.3 is 5.32 Å². The Morgan fingerprint density at radius 3 is 2.49 bits per heavy atom. The summed E-state index contributed by atoms with van der Waals surface area (Å²) >= 11 is 1.40. The smallest absolute Gasteiger partial charge is 0.216 e. The van der Waals surface area contributed by atoms with Crippen molar-refractivity contribution < 1.29 is 9.59 Å². The molecule has 37 heavy (non-hydrogen) atoms. The predicted molar refractivity (Wildman–Crippen MR) is 149 cm³/mol. The lowest BCUT2D eigenvalue weighted by molar-refractivity contribution is -0.118. The normalized spacial score (nSPS) is 14.1. The van der Waals surface area contributed by atoms with Crippen LogP contribution in [0.5, 0.6) is 0 Å². The monoisotopic (exact) mass is 512 g/mol. The lowest BCUT2D eigenvalue weighted by Gasteiger charge is -2.22. The van der Waals surface area contributed by atoms with Gasteiger partial charge in [0, 0.05) is 30.8 Å². The summed E-state index contributed by atoms with van der Waals surface area (Å²) in [6, 6.07) is 22.5. The van der Waals surface area contributed by atoms with Gasteiger partial charge in [0.2, 0.25) is 5.91 Å². The zero-order valence-corrected chi connectivity index (χ0v) is 22.0. The largest absolute Gasteiger partial charge is 0.356 e. The molecular formula is C30H32N4O2S. The second-order valence-electron chi connectivity index (χ2n) is 9.63. The van der Waals surface area contributed by atoms with Crippen molar-refractivity contribution in [3.05, 3.63) is 83.7 Å². The number of thioether (sulfide) groups is 1. The van der Waals surface area contributed by atoms with E-state index in [1.165, 1.54) is 56.4 Å². The molecule has 0 bridgehead atoms. The zero-order valence-electron chi connectivity index (χ0n) is 21.2. The molecule has 0 spiro atoms. The van der Waals surface area contributed by atoms with E-state index in [2.05, 4.69) is 45.8 Å². The first-order valence-corrected chi connectivity index (χ1v) is 14.0. The molecule has 1 aliphatic carbocycles. The van der Waals surface area contributed by atoms with Crippen LogP contribution >= 0.6 is 11.8 Å². The lowest BCUT2D eigenvalue weighted by Crippen LogP contribution is -2.23. The Morgan fingerprint density at radius 1 is 0.946 bits per heavy atom. The van der Waals surface area contributed by atoms with E-state index < -0.39 is 0 Å². The molecule has 0 atom stereocenters. The first-order valence-electron chi connectivity index (χ1n) is 13.0. The standard InChI is InChI=1S/C30H32N4O2S/c1-21(35)31-19-18-29-32-33-30(34(29)27-13-7-11-24-10-5-6-12-26(24)27)37-20-28(36)25-16-14-23(15-17-25)22-8-3-2-4-9-22/h5-7,10-17,22H,2-4,8-9,18-20H2,1H3,(H,31,35). The predicted octanol–water partition coefficient (Wildman–Crippen LogP) is 6.12. The van der Waals surface area contributed by atoms with E-state index in [1.807, 2.05) is 41.0 Å². The Hall–Kier alpha value is -3.45. The van der Waals surface area contributed by atoms with E-state index in [0.29, 0.717) is 24.0 Å². The van der Waals surface area contributed by atoms with Crippen LogP contribution in [-0.2, 0) is 11.2 Å². The third-order valence-corrected chi connectivity index (χ3v) is 8.00. The van der Waals surface area contributed by atoms with E-state index in [4.69, 9.17) is 0 Å². The molecule has 1 amide bonds. The van der Waals surface area contributed by atoms with Gasteiger partial charge in [-0.05, 0) is 35.8 Å². The molecule has 1 aromatic heterocycles. The van der Waals surface area contributed by atoms with Crippen molar-refractivity contribution in [2.75, 3.05) is 12.3 Å². The van der Waals surface area contributed by atoms with Crippen LogP contribution in [0.2, 0.25) is 0 Å². The number of nitrogens with one attached hydrogen (secondary N) is 1. The summed E-state index contributed by atoms with van der Waals surface area (Å²) in [6.45, 7) is 1.97. The van der Waals surface area contributed by atoms with Crippen molar-refractivity contribution in [2.45, 2.75) is 56.5 Å². The number of aromatic nitrogens is 3. The van der Waals surface area contributed by atoms with Crippen molar-refractivity contribution >= 4 is 34.2 Å². The maximum atomic E-state index is 13.1. The minimum atomic E-state index is -0.0778. The maximum absolute atomic E-state index is 13.1. The lowest BCUT2D eigenvalue weighted by atomic mass is 9.84. The van der Waals surface area contributed by atoms with E-state index in [9.17, 15) is 9.59 Å². The molecule has 7 heteroatoms. The van der Waals surface area contributed by atoms with Crippen molar-refractivity contribution in [3.8, 4) is 5.69 Å². The van der Waals surface area contributed by atoms with Gasteiger partial charge in [-0.15, -0.1) is 10.2 Å². The second-order valence-corrected chi connectivity index (χ2v) is 10.6. The Kier molecular flexibility index (Phi) is 7.99. The summed E-state index contributed by atoms with van der Waals surface area (Å²) < 4.78 is 2.02. The van der Waals surface area contributed by atoms with E-state index in [1.54, 1.807) is 0 Å². The number of hydrogen-bond acceptors (Lipinski definition) is 5. The average Bonchev–Trinajstić information content (AvgIpc) is 3.34. The van der Waals surface area contributed by atoms with Crippen LogP contribution in [0.3, 0.4) is 0 Å². The fraction of sp³-hybridized carbons (Fsp3) is 0.333. The van der Waals surface area contributed by atoms with Gasteiger partial charge in [0.15, 0.2) is 10.9 Å².